The molecule has 0 bridgehead atoms. The Balaban J connectivity index is 1.72. The van der Waals surface area contributed by atoms with Crippen LogP contribution in [0.15, 0.2) is 30.3 Å². The van der Waals surface area contributed by atoms with Crippen LogP contribution in [-0.2, 0) is 4.74 Å². The molecule has 1 aliphatic heterocycles. The molecule has 2 heteroatoms. The molecule has 1 unspecified atom stereocenters. The van der Waals surface area contributed by atoms with Gasteiger partial charge in [-0.15, -0.1) is 0 Å². The van der Waals surface area contributed by atoms with Crippen LogP contribution in [-0.4, -0.2) is 19.3 Å². The van der Waals surface area contributed by atoms with E-state index in [4.69, 9.17) is 4.74 Å². The van der Waals surface area contributed by atoms with Gasteiger partial charge in [0.15, 0.2) is 0 Å². The summed E-state index contributed by atoms with van der Waals surface area (Å²) < 4.78 is 5.21. The molecule has 2 aliphatic rings. The second kappa shape index (κ2) is 3.95. The zero-order chi connectivity index (χ0) is 10.1. The highest BCUT2D eigenvalue weighted by molar-refractivity contribution is 5.21. The third kappa shape index (κ3) is 2.06. The van der Waals surface area contributed by atoms with Gasteiger partial charge < -0.3 is 10.1 Å². The van der Waals surface area contributed by atoms with Crippen molar-refractivity contribution in [2.75, 3.05) is 13.2 Å². The Morgan fingerprint density at radius 2 is 1.87 bits per heavy atom. The van der Waals surface area contributed by atoms with Gasteiger partial charge in [0, 0.05) is 6.04 Å². The van der Waals surface area contributed by atoms with Gasteiger partial charge in [-0.25, -0.2) is 0 Å². The van der Waals surface area contributed by atoms with E-state index in [9.17, 15) is 0 Å². The highest BCUT2D eigenvalue weighted by Gasteiger charge is 2.34. The van der Waals surface area contributed by atoms with E-state index in [0.29, 0.717) is 12.1 Å². The molecule has 0 radical (unpaired) electrons. The molecule has 15 heavy (non-hydrogen) atoms. The van der Waals surface area contributed by atoms with Crippen molar-refractivity contribution in [1.82, 2.24) is 5.32 Å². The SMILES string of the molecule is c1ccc(C(NC2COC2)C2CC2)cc1. The summed E-state index contributed by atoms with van der Waals surface area (Å²) in [7, 11) is 0. The molecule has 80 valence electrons. The summed E-state index contributed by atoms with van der Waals surface area (Å²) >= 11 is 0. The van der Waals surface area contributed by atoms with E-state index in [1.54, 1.807) is 0 Å². The number of rotatable bonds is 4. The minimum atomic E-state index is 0.556. The number of benzene rings is 1. The summed E-state index contributed by atoms with van der Waals surface area (Å²) in [6.45, 7) is 1.77. The number of ether oxygens (including phenoxy) is 1. The summed E-state index contributed by atoms with van der Waals surface area (Å²) in [6.07, 6.45) is 2.75. The lowest BCUT2D eigenvalue weighted by Crippen LogP contribution is -2.47. The largest absolute Gasteiger partial charge is 0.378 e. The normalized spacial score (nSPS) is 23.5. The minimum Gasteiger partial charge on any atom is -0.378 e. The lowest BCUT2D eigenvalue weighted by atomic mass is 10.0. The molecule has 1 aliphatic carbocycles. The first-order valence-electron chi connectivity index (χ1n) is 5.82. The molecule has 1 heterocycles. The maximum Gasteiger partial charge on any atom is 0.0643 e. The van der Waals surface area contributed by atoms with Gasteiger partial charge in [-0.05, 0) is 24.3 Å². The second-order valence-electron chi connectivity index (χ2n) is 4.63. The fourth-order valence-electron chi connectivity index (χ4n) is 2.18. The highest BCUT2D eigenvalue weighted by atomic mass is 16.5. The first-order valence-corrected chi connectivity index (χ1v) is 5.82. The molecule has 2 fully saturated rings. The third-order valence-corrected chi connectivity index (χ3v) is 3.31. The Bertz CT molecular complexity index is 317. The van der Waals surface area contributed by atoms with Crippen molar-refractivity contribution in [2.45, 2.75) is 24.9 Å². The van der Waals surface area contributed by atoms with E-state index in [1.807, 2.05) is 0 Å². The molecular weight excluding hydrogens is 186 g/mol. The fourth-order valence-corrected chi connectivity index (χ4v) is 2.18. The van der Waals surface area contributed by atoms with Crippen molar-refractivity contribution in [2.24, 2.45) is 5.92 Å². The predicted molar refractivity (Wildman–Crippen MR) is 59.6 cm³/mol. The average molecular weight is 203 g/mol. The number of hydrogen-bond acceptors (Lipinski definition) is 2. The van der Waals surface area contributed by atoms with Crippen molar-refractivity contribution in [3.8, 4) is 0 Å². The number of hydrogen-bond donors (Lipinski definition) is 1. The minimum absolute atomic E-state index is 0.556. The molecule has 1 aromatic rings. The summed E-state index contributed by atoms with van der Waals surface area (Å²) in [5.41, 5.74) is 1.44. The van der Waals surface area contributed by atoms with Crippen LogP contribution in [0.2, 0.25) is 0 Å². The van der Waals surface area contributed by atoms with Gasteiger partial charge in [-0.2, -0.15) is 0 Å². The van der Waals surface area contributed by atoms with Crippen molar-refractivity contribution in [1.29, 1.82) is 0 Å². The van der Waals surface area contributed by atoms with Crippen LogP contribution in [0.5, 0.6) is 0 Å². The van der Waals surface area contributed by atoms with Gasteiger partial charge in [0.05, 0.1) is 19.3 Å². The van der Waals surface area contributed by atoms with Gasteiger partial charge in [-0.1, -0.05) is 30.3 Å². The lowest BCUT2D eigenvalue weighted by Gasteiger charge is -2.32. The number of nitrogens with one attached hydrogen (secondary N) is 1. The Morgan fingerprint density at radius 3 is 2.40 bits per heavy atom. The predicted octanol–water partition coefficient (Wildman–Crippen LogP) is 2.13. The van der Waals surface area contributed by atoms with E-state index in [1.165, 1.54) is 18.4 Å². The van der Waals surface area contributed by atoms with Crippen LogP contribution < -0.4 is 5.32 Å². The second-order valence-corrected chi connectivity index (χ2v) is 4.63. The van der Waals surface area contributed by atoms with Crippen molar-refractivity contribution >= 4 is 0 Å². The van der Waals surface area contributed by atoms with Gasteiger partial charge in [-0.3, -0.25) is 0 Å². The average Bonchev–Trinajstić information content (AvgIpc) is 3.01. The maximum absolute atomic E-state index is 5.21. The zero-order valence-electron chi connectivity index (χ0n) is 8.86. The van der Waals surface area contributed by atoms with Crippen LogP contribution in [0.1, 0.15) is 24.4 Å². The van der Waals surface area contributed by atoms with Crippen LogP contribution in [0.3, 0.4) is 0 Å². The van der Waals surface area contributed by atoms with E-state index < -0.39 is 0 Å². The van der Waals surface area contributed by atoms with E-state index >= 15 is 0 Å². The quantitative estimate of drug-likeness (QED) is 0.809. The van der Waals surface area contributed by atoms with Crippen molar-refractivity contribution in [3.63, 3.8) is 0 Å². The molecule has 0 amide bonds. The summed E-state index contributed by atoms with van der Waals surface area (Å²) in [5.74, 6) is 0.855. The molecule has 1 saturated carbocycles. The monoisotopic (exact) mass is 203 g/mol. The van der Waals surface area contributed by atoms with Gasteiger partial charge in [0.2, 0.25) is 0 Å². The Kier molecular flexibility index (Phi) is 2.47. The van der Waals surface area contributed by atoms with Crippen LogP contribution in [0, 0.1) is 5.92 Å². The molecule has 1 N–H and O–H groups in total. The van der Waals surface area contributed by atoms with Crippen LogP contribution in [0.4, 0.5) is 0 Å². The van der Waals surface area contributed by atoms with Crippen molar-refractivity contribution in [3.05, 3.63) is 35.9 Å². The summed E-state index contributed by atoms with van der Waals surface area (Å²) in [4.78, 5) is 0. The third-order valence-electron chi connectivity index (χ3n) is 3.31. The standard InChI is InChI=1S/C13H17NO/c1-2-4-10(5-3-1)13(11-6-7-11)14-12-8-15-9-12/h1-5,11-14H,6-9H2. The van der Waals surface area contributed by atoms with Gasteiger partial charge in [0.1, 0.15) is 0 Å². The Hall–Kier alpha value is -0.860. The smallest absolute Gasteiger partial charge is 0.0643 e. The maximum atomic E-state index is 5.21. The first kappa shape index (κ1) is 9.37. The molecule has 1 aromatic carbocycles. The lowest BCUT2D eigenvalue weighted by molar-refractivity contribution is -0.0113. The fraction of sp³-hybridized carbons (Fsp3) is 0.538. The highest BCUT2D eigenvalue weighted by Crippen LogP contribution is 2.41. The first-order chi connectivity index (χ1) is 7.43. The zero-order valence-corrected chi connectivity index (χ0v) is 8.86. The molecule has 3 rings (SSSR count). The van der Waals surface area contributed by atoms with Crippen LogP contribution in [0.25, 0.3) is 0 Å². The summed E-state index contributed by atoms with van der Waals surface area (Å²) in [6, 6.07) is 11.9. The molecule has 1 saturated heterocycles. The topological polar surface area (TPSA) is 21.3 Å². The Labute approximate surface area is 90.6 Å². The van der Waals surface area contributed by atoms with Gasteiger partial charge in [0.25, 0.3) is 0 Å². The molecule has 0 spiro atoms. The molecule has 0 aromatic heterocycles. The van der Waals surface area contributed by atoms with Gasteiger partial charge >= 0.3 is 0 Å². The molecule has 2 nitrogen and oxygen atoms in total. The van der Waals surface area contributed by atoms with Crippen LogP contribution >= 0.6 is 0 Å². The van der Waals surface area contributed by atoms with Crippen molar-refractivity contribution < 1.29 is 4.74 Å². The molecule has 1 atom stereocenters. The summed E-state index contributed by atoms with van der Waals surface area (Å²) in [5, 5.41) is 3.71. The Morgan fingerprint density at radius 1 is 1.13 bits per heavy atom. The molecular formula is C13H17NO. The van der Waals surface area contributed by atoms with E-state index in [-0.39, 0.29) is 0 Å². The van der Waals surface area contributed by atoms with E-state index in [2.05, 4.69) is 35.6 Å². The van der Waals surface area contributed by atoms with E-state index in [0.717, 1.165) is 19.1 Å².